The van der Waals surface area contributed by atoms with Crippen molar-refractivity contribution in [1.29, 1.82) is 0 Å². The first-order valence-electron chi connectivity index (χ1n) is 9.81. The summed E-state index contributed by atoms with van der Waals surface area (Å²) in [5.74, 6) is 2.10. The fraction of sp³-hybridized carbons (Fsp3) is 0.167. The Morgan fingerprint density at radius 3 is 2.55 bits per heavy atom. The summed E-state index contributed by atoms with van der Waals surface area (Å²) in [5.41, 5.74) is 9.05. The second-order valence-electron chi connectivity index (χ2n) is 6.51. The number of hydrogen-bond acceptors (Lipinski definition) is 5. The second kappa shape index (κ2) is 12.2. The van der Waals surface area contributed by atoms with Crippen molar-refractivity contribution in [3.05, 3.63) is 94.0 Å². The van der Waals surface area contributed by atoms with Crippen molar-refractivity contribution < 1.29 is 9.47 Å². The number of benzene rings is 3. The van der Waals surface area contributed by atoms with Gasteiger partial charge in [-0.3, -0.25) is 0 Å². The van der Waals surface area contributed by atoms with Gasteiger partial charge in [0.2, 0.25) is 0 Å². The molecule has 0 unspecified atom stereocenters. The summed E-state index contributed by atoms with van der Waals surface area (Å²) in [6.45, 7) is 2.93. The van der Waals surface area contributed by atoms with Gasteiger partial charge in [-0.05, 0) is 53.9 Å². The van der Waals surface area contributed by atoms with Crippen LogP contribution in [0.15, 0.2) is 87.5 Å². The molecule has 7 heteroatoms. The van der Waals surface area contributed by atoms with Crippen molar-refractivity contribution in [2.24, 2.45) is 15.9 Å². The Labute approximate surface area is 195 Å². The average Bonchev–Trinajstić information content (AvgIpc) is 2.78. The molecular weight excluding hydrogens is 474 g/mol. The third-order valence-corrected chi connectivity index (χ3v) is 5.49. The van der Waals surface area contributed by atoms with Gasteiger partial charge in [-0.15, -0.1) is 5.10 Å². The van der Waals surface area contributed by atoms with E-state index in [1.165, 1.54) is 17.3 Å². The number of thioether (sulfide) groups is 1. The van der Waals surface area contributed by atoms with Crippen LogP contribution in [0.2, 0.25) is 0 Å². The number of nitrogens with two attached hydrogens (primary N) is 1. The molecule has 0 fully saturated rings. The minimum Gasteiger partial charge on any atom is -0.490 e. The Bertz CT molecular complexity index is 1040. The number of amidine groups is 1. The van der Waals surface area contributed by atoms with E-state index in [9.17, 15) is 0 Å². The molecular formula is C24H24BrN3O2S. The zero-order valence-electron chi connectivity index (χ0n) is 17.2. The largest absolute Gasteiger partial charge is 0.490 e. The molecule has 0 saturated heterocycles. The lowest BCUT2D eigenvalue weighted by molar-refractivity contribution is 0.269. The molecule has 0 aliphatic heterocycles. The third-order valence-electron chi connectivity index (χ3n) is 4.14. The van der Waals surface area contributed by atoms with E-state index in [1.807, 2.05) is 67.6 Å². The van der Waals surface area contributed by atoms with Crippen LogP contribution in [-0.4, -0.2) is 18.0 Å². The molecule has 0 radical (unpaired) electrons. The van der Waals surface area contributed by atoms with E-state index < -0.39 is 0 Å². The molecule has 0 aliphatic rings. The maximum atomic E-state index is 5.96. The van der Waals surface area contributed by atoms with Crippen LogP contribution in [0.4, 0.5) is 0 Å². The molecule has 0 spiro atoms. The molecule has 3 aromatic carbocycles. The van der Waals surface area contributed by atoms with Crippen molar-refractivity contribution in [3.63, 3.8) is 0 Å². The van der Waals surface area contributed by atoms with Crippen LogP contribution >= 0.6 is 27.7 Å². The average molecular weight is 498 g/mol. The van der Waals surface area contributed by atoms with Gasteiger partial charge < -0.3 is 15.2 Å². The monoisotopic (exact) mass is 497 g/mol. The van der Waals surface area contributed by atoms with E-state index in [-0.39, 0.29) is 0 Å². The van der Waals surface area contributed by atoms with Crippen LogP contribution in [0, 0.1) is 0 Å². The number of ether oxygens (including phenoxy) is 2. The molecule has 0 saturated carbocycles. The van der Waals surface area contributed by atoms with Crippen molar-refractivity contribution in [2.45, 2.75) is 19.3 Å². The number of halogens is 1. The van der Waals surface area contributed by atoms with E-state index in [0.717, 1.165) is 21.4 Å². The molecule has 0 aliphatic carbocycles. The lowest BCUT2D eigenvalue weighted by atomic mass is 10.2. The van der Waals surface area contributed by atoms with Crippen LogP contribution < -0.4 is 15.2 Å². The first kappa shape index (κ1) is 22.9. The molecule has 0 heterocycles. The van der Waals surface area contributed by atoms with Gasteiger partial charge >= 0.3 is 0 Å². The van der Waals surface area contributed by atoms with Crippen LogP contribution in [0.25, 0.3) is 0 Å². The van der Waals surface area contributed by atoms with Crippen molar-refractivity contribution in [3.8, 4) is 11.5 Å². The van der Waals surface area contributed by atoms with E-state index in [2.05, 4.69) is 38.3 Å². The number of nitrogens with zero attached hydrogens (tertiary/aromatic N) is 2. The second-order valence-corrected chi connectivity index (χ2v) is 8.43. The first-order valence-corrected chi connectivity index (χ1v) is 11.6. The summed E-state index contributed by atoms with van der Waals surface area (Å²) in [7, 11) is 0. The number of hydrogen-bond donors (Lipinski definition) is 1. The zero-order valence-corrected chi connectivity index (χ0v) is 19.6. The minimum absolute atomic E-state index is 0.416. The fourth-order valence-electron chi connectivity index (χ4n) is 2.69. The SMILES string of the molecule is CCOc1cc(C=NN=C(N)SCc2ccccc2)ccc1OCc1cccc(Br)c1. The van der Waals surface area contributed by atoms with Gasteiger partial charge in [-0.1, -0.05) is 70.2 Å². The molecule has 3 aromatic rings. The predicted molar refractivity (Wildman–Crippen MR) is 133 cm³/mol. The maximum Gasteiger partial charge on any atom is 0.180 e. The molecule has 0 bridgehead atoms. The Morgan fingerprint density at radius 2 is 1.77 bits per heavy atom. The molecule has 2 N–H and O–H groups in total. The molecule has 0 amide bonds. The summed E-state index contributed by atoms with van der Waals surface area (Å²) in [6.07, 6.45) is 1.65. The smallest absolute Gasteiger partial charge is 0.180 e. The molecule has 3 rings (SSSR count). The summed E-state index contributed by atoms with van der Waals surface area (Å²) in [4.78, 5) is 0. The van der Waals surface area contributed by atoms with Gasteiger partial charge in [0.15, 0.2) is 16.7 Å². The number of rotatable bonds is 9. The van der Waals surface area contributed by atoms with Gasteiger partial charge in [0.25, 0.3) is 0 Å². The van der Waals surface area contributed by atoms with Gasteiger partial charge in [-0.25, -0.2) is 0 Å². The highest BCUT2D eigenvalue weighted by molar-refractivity contribution is 9.10. The lowest BCUT2D eigenvalue weighted by Gasteiger charge is -2.12. The highest BCUT2D eigenvalue weighted by atomic mass is 79.9. The van der Waals surface area contributed by atoms with E-state index in [1.54, 1.807) is 6.21 Å². The lowest BCUT2D eigenvalue weighted by Crippen LogP contribution is -2.06. The summed E-state index contributed by atoms with van der Waals surface area (Å²) in [5, 5.41) is 8.59. The Hall–Kier alpha value is -2.77. The summed E-state index contributed by atoms with van der Waals surface area (Å²) in [6, 6.07) is 23.8. The van der Waals surface area contributed by atoms with Gasteiger partial charge in [0.1, 0.15) is 6.61 Å². The normalized spacial score (nSPS) is 11.6. The first-order chi connectivity index (χ1) is 15.1. The molecule has 0 atom stereocenters. The van der Waals surface area contributed by atoms with Crippen molar-refractivity contribution in [1.82, 2.24) is 0 Å². The third kappa shape index (κ3) is 7.77. The Kier molecular flexibility index (Phi) is 8.99. The van der Waals surface area contributed by atoms with E-state index >= 15 is 0 Å². The zero-order chi connectivity index (χ0) is 21.9. The quantitative estimate of drug-likeness (QED) is 0.223. The van der Waals surface area contributed by atoms with Gasteiger partial charge in [-0.2, -0.15) is 5.10 Å². The van der Waals surface area contributed by atoms with Gasteiger partial charge in [0, 0.05) is 10.2 Å². The highest BCUT2D eigenvalue weighted by Gasteiger charge is 2.07. The summed E-state index contributed by atoms with van der Waals surface area (Å²) >= 11 is 4.93. The van der Waals surface area contributed by atoms with Crippen LogP contribution in [-0.2, 0) is 12.4 Å². The van der Waals surface area contributed by atoms with Crippen LogP contribution in [0.1, 0.15) is 23.6 Å². The Balaban J connectivity index is 1.61. The maximum absolute atomic E-state index is 5.96. The predicted octanol–water partition coefficient (Wildman–Crippen LogP) is 6.01. The van der Waals surface area contributed by atoms with E-state index in [4.69, 9.17) is 15.2 Å². The highest BCUT2D eigenvalue weighted by Crippen LogP contribution is 2.29. The Morgan fingerprint density at radius 1 is 0.968 bits per heavy atom. The van der Waals surface area contributed by atoms with Crippen molar-refractivity contribution >= 4 is 39.1 Å². The molecule has 5 nitrogen and oxygen atoms in total. The van der Waals surface area contributed by atoms with Crippen molar-refractivity contribution in [2.75, 3.05) is 6.61 Å². The standard InChI is InChI=1S/C24H24BrN3O2S/c1-2-29-23-14-19(11-12-22(23)30-16-20-9-6-10-21(25)13-20)15-27-28-24(26)31-17-18-7-4-3-5-8-18/h3-15H,2,16-17H2,1H3,(H2,26,28). The molecule has 160 valence electrons. The van der Waals surface area contributed by atoms with Crippen LogP contribution in [0.5, 0.6) is 11.5 Å². The van der Waals surface area contributed by atoms with Gasteiger partial charge in [0.05, 0.1) is 12.8 Å². The molecule has 0 aromatic heterocycles. The summed E-state index contributed by atoms with van der Waals surface area (Å²) < 4.78 is 12.7. The molecule has 31 heavy (non-hydrogen) atoms. The fourth-order valence-corrected chi connectivity index (χ4v) is 3.75. The minimum atomic E-state index is 0.416. The van der Waals surface area contributed by atoms with E-state index in [0.29, 0.717) is 29.9 Å². The van der Waals surface area contributed by atoms with Crippen LogP contribution in [0.3, 0.4) is 0 Å². The topological polar surface area (TPSA) is 69.2 Å².